The number of fused-ring (bicyclic) bond motifs is 3. The first kappa shape index (κ1) is 27.8. The molecule has 3 aromatic heterocycles. The fourth-order valence-corrected chi connectivity index (χ4v) is 6.66. The van der Waals surface area contributed by atoms with E-state index in [0.717, 1.165) is 16.7 Å². The second-order valence-corrected chi connectivity index (χ2v) is 12.2. The number of hydrogen-bond acceptors (Lipinski definition) is 8. The van der Waals surface area contributed by atoms with E-state index in [1.54, 1.807) is 43.7 Å². The Morgan fingerprint density at radius 3 is 2.43 bits per heavy atom. The number of urea groups is 1. The van der Waals surface area contributed by atoms with Gasteiger partial charge in [-0.15, -0.1) is 0 Å². The third kappa shape index (κ3) is 4.35. The molecule has 6 aromatic rings. The van der Waals surface area contributed by atoms with Crippen molar-refractivity contribution in [1.29, 1.82) is 0 Å². The minimum absolute atomic E-state index is 0.107. The second kappa shape index (κ2) is 10.3. The molecule has 1 unspecified atom stereocenters. The van der Waals surface area contributed by atoms with Crippen molar-refractivity contribution in [2.24, 2.45) is 0 Å². The van der Waals surface area contributed by atoms with Crippen LogP contribution in [0.25, 0.3) is 27.7 Å². The van der Waals surface area contributed by atoms with Crippen molar-refractivity contribution in [2.45, 2.75) is 11.8 Å². The maximum absolute atomic E-state index is 14.5. The van der Waals surface area contributed by atoms with Gasteiger partial charge in [-0.2, -0.15) is 13.5 Å². The Balaban J connectivity index is 1.53. The molecule has 1 aliphatic heterocycles. The van der Waals surface area contributed by atoms with Crippen molar-refractivity contribution in [3.05, 3.63) is 115 Å². The molecule has 0 fully saturated rings. The summed E-state index contributed by atoms with van der Waals surface area (Å²) in [6.45, 7) is 1.85. The molecule has 0 spiro atoms. The summed E-state index contributed by atoms with van der Waals surface area (Å²) >= 11 is 6.75. The molecule has 0 saturated carbocycles. The van der Waals surface area contributed by atoms with E-state index in [2.05, 4.69) is 20.1 Å². The first-order chi connectivity index (χ1) is 21.2. The molecular formula is C31H23ClN7O4S+. The molecule has 3 aromatic carbocycles. The summed E-state index contributed by atoms with van der Waals surface area (Å²) in [6.07, 6.45) is 7.77. The fourth-order valence-electron chi connectivity index (χ4n) is 5.32. The number of quaternary nitrogens is 1. The monoisotopic (exact) mass is 624 g/mol. The molecule has 0 bridgehead atoms. The van der Waals surface area contributed by atoms with Crippen LogP contribution in [0.1, 0.15) is 5.56 Å². The third-order valence-corrected chi connectivity index (χ3v) is 9.10. The van der Waals surface area contributed by atoms with E-state index < -0.39 is 20.8 Å². The lowest BCUT2D eigenvalue weighted by Crippen LogP contribution is -2.51. The highest BCUT2D eigenvalue weighted by Crippen LogP contribution is 2.53. The molecule has 11 nitrogen and oxygen atoms in total. The predicted octanol–water partition coefficient (Wildman–Crippen LogP) is 6.37. The van der Waals surface area contributed by atoms with Gasteiger partial charge in [0.15, 0.2) is 5.69 Å². The highest BCUT2D eigenvalue weighted by atomic mass is 35.5. The van der Waals surface area contributed by atoms with Crippen LogP contribution in [-0.4, -0.2) is 46.2 Å². The van der Waals surface area contributed by atoms with Crippen molar-refractivity contribution < 1.29 is 17.5 Å². The van der Waals surface area contributed by atoms with E-state index in [0.29, 0.717) is 22.3 Å². The number of rotatable bonds is 6. The van der Waals surface area contributed by atoms with Gasteiger partial charge in [-0.3, -0.25) is 14.9 Å². The van der Waals surface area contributed by atoms with Crippen LogP contribution in [0.3, 0.4) is 0 Å². The van der Waals surface area contributed by atoms with E-state index in [-0.39, 0.29) is 21.3 Å². The molecule has 2 amide bonds. The Morgan fingerprint density at radius 1 is 0.909 bits per heavy atom. The van der Waals surface area contributed by atoms with Crippen molar-refractivity contribution in [1.82, 2.24) is 29.4 Å². The molecule has 13 heteroatoms. The second-order valence-electron chi connectivity index (χ2n) is 10.2. The molecule has 0 saturated heterocycles. The average Bonchev–Trinajstić information content (AvgIpc) is 3.64. The number of halogens is 1. The van der Waals surface area contributed by atoms with Gasteiger partial charge < -0.3 is 0 Å². The van der Waals surface area contributed by atoms with Gasteiger partial charge in [0, 0.05) is 37.1 Å². The molecule has 44 heavy (non-hydrogen) atoms. The van der Waals surface area contributed by atoms with Crippen LogP contribution >= 0.6 is 11.6 Å². The molecule has 1 atom stereocenters. The summed E-state index contributed by atoms with van der Waals surface area (Å²) in [6, 6.07) is 19.5. The summed E-state index contributed by atoms with van der Waals surface area (Å²) in [5.41, 5.74) is 4.30. The van der Waals surface area contributed by atoms with Crippen LogP contribution < -0.4 is 9.55 Å². The molecular weight excluding hydrogens is 602 g/mol. The van der Waals surface area contributed by atoms with Crippen LogP contribution in [-0.2, 0) is 14.4 Å². The first-order valence-electron chi connectivity index (χ1n) is 13.4. The first-order valence-corrected chi connectivity index (χ1v) is 15.2. The summed E-state index contributed by atoms with van der Waals surface area (Å²) in [7, 11) is -2.99. The summed E-state index contributed by atoms with van der Waals surface area (Å²) in [5, 5.41) is 4.85. The molecule has 0 aliphatic carbocycles. The quantitative estimate of drug-likeness (QED) is 0.196. The highest BCUT2D eigenvalue weighted by molar-refractivity contribution is 7.86. The van der Waals surface area contributed by atoms with Crippen molar-refractivity contribution in [3.63, 3.8) is 0 Å². The number of pyridine rings is 2. The van der Waals surface area contributed by atoms with Crippen LogP contribution in [0.2, 0.25) is 5.02 Å². The van der Waals surface area contributed by atoms with Crippen LogP contribution in [0, 0.1) is 6.92 Å². The van der Waals surface area contributed by atoms with Gasteiger partial charge in [0.2, 0.25) is 5.69 Å². The topological polar surface area (TPSA) is 120 Å². The lowest BCUT2D eigenvalue weighted by molar-refractivity contribution is 0.0639. The SMILES string of the molecule is Cc1ccc(S(=O)(=O)O[N+]2(c3ccc(-n4cncn4)c(Cl)c3)C(=O)N(C)c3cnc4ccc(-c5cccnc5)cc4c32)cc1. The summed E-state index contributed by atoms with van der Waals surface area (Å²) in [5.74, 6) is 0. The number of benzene rings is 3. The van der Waals surface area contributed by atoms with Crippen LogP contribution in [0.15, 0.2) is 109 Å². The van der Waals surface area contributed by atoms with E-state index in [1.165, 1.54) is 46.6 Å². The number of carbonyl (C=O) groups is 1. The lowest BCUT2D eigenvalue weighted by Gasteiger charge is -2.27. The molecule has 4 heterocycles. The Kier molecular flexibility index (Phi) is 6.52. The van der Waals surface area contributed by atoms with E-state index >= 15 is 0 Å². The molecule has 218 valence electrons. The minimum Gasteiger partial charge on any atom is -0.264 e. The Labute approximate surface area is 257 Å². The number of hydroxylamine groups is 1. The smallest absolute Gasteiger partial charge is 0.264 e. The fraction of sp³-hybridized carbons (Fsp3) is 0.0645. The van der Waals surface area contributed by atoms with E-state index in [4.69, 9.17) is 15.9 Å². The maximum atomic E-state index is 14.5. The Hall–Kier alpha value is -5.01. The Morgan fingerprint density at radius 2 is 1.73 bits per heavy atom. The summed E-state index contributed by atoms with van der Waals surface area (Å²) < 4.78 is 34.5. The molecule has 0 N–H and O–H groups in total. The van der Waals surface area contributed by atoms with Crippen LogP contribution in [0.5, 0.6) is 0 Å². The minimum atomic E-state index is -4.54. The number of aromatic nitrogens is 5. The largest absolute Gasteiger partial charge is 0.468 e. The van der Waals surface area contributed by atoms with Gasteiger partial charge in [0.25, 0.3) is 0 Å². The summed E-state index contributed by atoms with van der Waals surface area (Å²) in [4.78, 5) is 28.5. The van der Waals surface area contributed by atoms with E-state index in [9.17, 15) is 13.2 Å². The van der Waals surface area contributed by atoms with Gasteiger partial charge >= 0.3 is 16.1 Å². The molecule has 0 radical (unpaired) electrons. The van der Waals surface area contributed by atoms with Crippen molar-refractivity contribution in [2.75, 3.05) is 11.9 Å². The predicted molar refractivity (Wildman–Crippen MR) is 166 cm³/mol. The van der Waals surface area contributed by atoms with Crippen molar-refractivity contribution in [3.8, 4) is 16.8 Å². The lowest BCUT2D eigenvalue weighted by atomic mass is 10.0. The zero-order valence-corrected chi connectivity index (χ0v) is 24.9. The number of carbonyl (C=O) groups excluding carboxylic acids is 1. The standard InChI is InChI=1S/C31H23ClN7O4S/c1-20-5-9-24(10-6-20)44(41,42)43-39(23-8-12-28(26(32)15-23)38-19-34-18-36-38)30-25-14-21(22-4-3-13-33-16-22)7-11-27(25)35-17-29(30)37(2)31(39)40/h3-19H,1-2H3/q+1. The maximum Gasteiger partial charge on any atom is 0.468 e. The average molecular weight is 625 g/mol. The number of aryl methyl sites for hydroxylation is 1. The number of anilines is 1. The van der Waals surface area contributed by atoms with Crippen molar-refractivity contribution >= 4 is 55.7 Å². The zero-order valence-electron chi connectivity index (χ0n) is 23.4. The number of nitrogens with zero attached hydrogens (tertiary/aromatic N) is 7. The Bertz CT molecular complexity index is 2180. The number of hydrogen-bond donors (Lipinski definition) is 0. The zero-order chi connectivity index (χ0) is 30.6. The third-order valence-electron chi connectivity index (χ3n) is 7.53. The number of amides is 2. The van der Waals surface area contributed by atoms with Gasteiger partial charge in [0.05, 0.1) is 32.7 Å². The van der Waals surface area contributed by atoms with Gasteiger partial charge in [-0.1, -0.05) is 41.4 Å². The van der Waals surface area contributed by atoms with Crippen LogP contribution in [0.4, 0.5) is 21.9 Å². The van der Waals surface area contributed by atoms with E-state index in [1.807, 2.05) is 37.3 Å². The van der Waals surface area contributed by atoms with Gasteiger partial charge in [0.1, 0.15) is 18.3 Å². The van der Waals surface area contributed by atoms with Gasteiger partial charge in [-0.25, -0.2) is 14.5 Å². The normalized spacial score (nSPS) is 16.4. The highest BCUT2D eigenvalue weighted by Gasteiger charge is 2.60. The molecule has 1 aliphatic rings. The molecule has 7 rings (SSSR count). The van der Waals surface area contributed by atoms with Gasteiger partial charge in [-0.05, 0) is 57.8 Å².